The van der Waals surface area contributed by atoms with E-state index in [1.165, 1.54) is 16.5 Å². The van der Waals surface area contributed by atoms with E-state index >= 15 is 0 Å². The highest BCUT2D eigenvalue weighted by molar-refractivity contribution is 5.82. The second kappa shape index (κ2) is 6.58. The molecule has 24 heavy (non-hydrogen) atoms. The van der Waals surface area contributed by atoms with Crippen LogP contribution in [0.5, 0.6) is 0 Å². The number of rotatable bonds is 6. The van der Waals surface area contributed by atoms with Crippen LogP contribution in [0.2, 0.25) is 0 Å². The summed E-state index contributed by atoms with van der Waals surface area (Å²) >= 11 is 0. The molecular formula is C19H19N5. The van der Waals surface area contributed by atoms with Crippen LogP contribution in [0.3, 0.4) is 0 Å². The van der Waals surface area contributed by atoms with Gasteiger partial charge in [-0.1, -0.05) is 41.6 Å². The highest BCUT2D eigenvalue weighted by Crippen LogP contribution is 2.18. The second-order valence-electron chi connectivity index (χ2n) is 5.80. The van der Waals surface area contributed by atoms with Gasteiger partial charge in [0, 0.05) is 29.3 Å². The zero-order chi connectivity index (χ0) is 16.2. The molecule has 5 heteroatoms. The number of aryl methyl sites for hydroxylation is 2. The monoisotopic (exact) mass is 317 g/mol. The van der Waals surface area contributed by atoms with Crippen molar-refractivity contribution in [3.05, 3.63) is 78.2 Å². The minimum absolute atomic E-state index is 0.678. The highest BCUT2D eigenvalue weighted by atomic mass is 15.4. The van der Waals surface area contributed by atoms with E-state index < -0.39 is 0 Å². The predicted octanol–water partition coefficient (Wildman–Crippen LogP) is 3.61. The van der Waals surface area contributed by atoms with Gasteiger partial charge in [0.2, 0.25) is 0 Å². The third kappa shape index (κ3) is 3.15. The van der Waals surface area contributed by atoms with Crippen LogP contribution in [-0.2, 0) is 19.5 Å². The van der Waals surface area contributed by atoms with Gasteiger partial charge < -0.3 is 10.3 Å². The van der Waals surface area contributed by atoms with E-state index in [0.717, 1.165) is 24.3 Å². The van der Waals surface area contributed by atoms with Crippen molar-refractivity contribution in [2.75, 3.05) is 5.32 Å². The van der Waals surface area contributed by atoms with Crippen molar-refractivity contribution in [2.24, 2.45) is 0 Å². The molecule has 0 atom stereocenters. The quantitative estimate of drug-likeness (QED) is 0.571. The normalized spacial score (nSPS) is 11.0. The molecule has 2 aromatic heterocycles. The Morgan fingerprint density at radius 2 is 1.83 bits per heavy atom. The molecule has 0 saturated heterocycles. The Hall–Kier alpha value is -3.08. The van der Waals surface area contributed by atoms with E-state index in [0.29, 0.717) is 6.54 Å². The number of hydrogen-bond donors (Lipinski definition) is 2. The summed E-state index contributed by atoms with van der Waals surface area (Å²) in [5.41, 5.74) is 4.52. The molecule has 0 amide bonds. The molecule has 0 aliphatic heterocycles. The van der Waals surface area contributed by atoms with Gasteiger partial charge in [0.15, 0.2) is 0 Å². The van der Waals surface area contributed by atoms with Crippen LogP contribution in [0.25, 0.3) is 10.9 Å². The van der Waals surface area contributed by atoms with E-state index in [-0.39, 0.29) is 0 Å². The number of aromatic amines is 1. The van der Waals surface area contributed by atoms with E-state index in [4.69, 9.17) is 0 Å². The van der Waals surface area contributed by atoms with Crippen molar-refractivity contribution >= 4 is 16.6 Å². The lowest BCUT2D eigenvalue weighted by Crippen LogP contribution is -2.02. The van der Waals surface area contributed by atoms with Gasteiger partial charge in [0.1, 0.15) is 5.69 Å². The molecule has 2 N–H and O–H groups in total. The van der Waals surface area contributed by atoms with Crippen LogP contribution in [-0.4, -0.2) is 20.0 Å². The molecule has 0 saturated carbocycles. The minimum Gasteiger partial charge on any atom is -0.379 e. The molecule has 0 radical (unpaired) electrons. The zero-order valence-corrected chi connectivity index (χ0v) is 13.3. The number of hydrogen-bond acceptors (Lipinski definition) is 3. The van der Waals surface area contributed by atoms with Crippen LogP contribution in [0.15, 0.2) is 67.0 Å². The molecule has 0 unspecified atom stereocenters. The molecule has 0 fully saturated rings. The van der Waals surface area contributed by atoms with Crippen LogP contribution < -0.4 is 5.32 Å². The Bertz CT molecular complexity index is 923. The number of nitrogens with zero attached hydrogens (tertiary/aromatic N) is 3. The summed E-state index contributed by atoms with van der Waals surface area (Å²) in [5, 5.41) is 13.1. The Morgan fingerprint density at radius 1 is 1.00 bits per heavy atom. The summed E-state index contributed by atoms with van der Waals surface area (Å²) in [7, 11) is 0. The minimum atomic E-state index is 0.678. The molecule has 0 spiro atoms. The lowest BCUT2D eigenvalue weighted by molar-refractivity contribution is 0.590. The van der Waals surface area contributed by atoms with Crippen LogP contribution >= 0.6 is 0 Å². The fourth-order valence-electron chi connectivity index (χ4n) is 2.85. The van der Waals surface area contributed by atoms with Gasteiger partial charge >= 0.3 is 0 Å². The van der Waals surface area contributed by atoms with Crippen molar-refractivity contribution in [2.45, 2.75) is 19.5 Å². The standard InChI is InChI=1S/C19H19N5/c1-2-6-16(7-3-1)20-13-17-14-24(23-22-17)11-10-15-12-21-19-9-5-4-8-18(15)19/h1-9,12,14,20-21H,10-11,13H2. The Labute approximate surface area is 140 Å². The summed E-state index contributed by atoms with van der Waals surface area (Å²) in [5.74, 6) is 0. The van der Waals surface area contributed by atoms with Gasteiger partial charge in [-0.15, -0.1) is 5.10 Å². The summed E-state index contributed by atoms with van der Waals surface area (Å²) in [6.45, 7) is 1.50. The second-order valence-corrected chi connectivity index (χ2v) is 5.80. The van der Waals surface area contributed by atoms with Gasteiger partial charge in [0.25, 0.3) is 0 Å². The molecule has 0 bridgehead atoms. The number of H-pyrrole nitrogens is 1. The first-order valence-corrected chi connectivity index (χ1v) is 8.11. The average molecular weight is 317 g/mol. The first kappa shape index (κ1) is 14.5. The fraction of sp³-hybridized carbons (Fsp3) is 0.158. The number of para-hydroxylation sites is 2. The number of anilines is 1. The maximum atomic E-state index is 4.24. The van der Waals surface area contributed by atoms with Gasteiger partial charge in [0.05, 0.1) is 12.7 Å². The Kier molecular flexibility index (Phi) is 3.98. The molecule has 120 valence electrons. The lowest BCUT2D eigenvalue weighted by atomic mass is 10.1. The molecule has 0 aliphatic rings. The Morgan fingerprint density at radius 3 is 2.75 bits per heavy atom. The number of fused-ring (bicyclic) bond motifs is 1. The fourth-order valence-corrected chi connectivity index (χ4v) is 2.85. The van der Waals surface area contributed by atoms with Crippen LogP contribution in [0.1, 0.15) is 11.3 Å². The summed E-state index contributed by atoms with van der Waals surface area (Å²) < 4.78 is 1.91. The molecule has 2 heterocycles. The molecular weight excluding hydrogens is 298 g/mol. The third-order valence-corrected chi connectivity index (χ3v) is 4.12. The van der Waals surface area contributed by atoms with E-state index in [2.05, 4.69) is 45.0 Å². The number of benzene rings is 2. The molecule has 4 aromatic rings. The zero-order valence-electron chi connectivity index (χ0n) is 13.3. The van der Waals surface area contributed by atoms with Gasteiger partial charge in [-0.3, -0.25) is 4.68 Å². The van der Waals surface area contributed by atoms with Gasteiger partial charge in [-0.05, 0) is 30.2 Å². The predicted molar refractivity (Wildman–Crippen MR) is 95.8 cm³/mol. The van der Waals surface area contributed by atoms with Crippen molar-refractivity contribution in [3.63, 3.8) is 0 Å². The maximum Gasteiger partial charge on any atom is 0.102 e. The number of aromatic nitrogens is 4. The lowest BCUT2D eigenvalue weighted by Gasteiger charge is -2.02. The van der Waals surface area contributed by atoms with E-state index in [1.807, 2.05) is 47.3 Å². The molecule has 0 aliphatic carbocycles. The Balaban J connectivity index is 1.37. The van der Waals surface area contributed by atoms with Crippen molar-refractivity contribution in [3.8, 4) is 0 Å². The van der Waals surface area contributed by atoms with Gasteiger partial charge in [-0.25, -0.2) is 0 Å². The van der Waals surface area contributed by atoms with Crippen molar-refractivity contribution in [1.29, 1.82) is 0 Å². The van der Waals surface area contributed by atoms with Crippen LogP contribution in [0.4, 0.5) is 5.69 Å². The topological polar surface area (TPSA) is 58.5 Å². The van der Waals surface area contributed by atoms with E-state index in [1.54, 1.807) is 0 Å². The SMILES string of the molecule is c1ccc(NCc2cn(CCc3c[nH]c4ccccc34)nn2)cc1. The van der Waals surface area contributed by atoms with Crippen molar-refractivity contribution in [1.82, 2.24) is 20.0 Å². The molecule has 4 rings (SSSR count). The summed E-state index contributed by atoms with van der Waals surface area (Å²) in [6.07, 6.45) is 5.02. The smallest absolute Gasteiger partial charge is 0.102 e. The largest absolute Gasteiger partial charge is 0.379 e. The third-order valence-electron chi connectivity index (χ3n) is 4.12. The first-order valence-electron chi connectivity index (χ1n) is 8.11. The average Bonchev–Trinajstić information content (AvgIpc) is 3.26. The van der Waals surface area contributed by atoms with Crippen molar-refractivity contribution < 1.29 is 0 Å². The van der Waals surface area contributed by atoms with Gasteiger partial charge in [-0.2, -0.15) is 0 Å². The maximum absolute atomic E-state index is 4.24. The first-order chi connectivity index (χ1) is 11.9. The van der Waals surface area contributed by atoms with E-state index in [9.17, 15) is 0 Å². The highest BCUT2D eigenvalue weighted by Gasteiger charge is 2.05. The molecule has 5 nitrogen and oxygen atoms in total. The summed E-state index contributed by atoms with van der Waals surface area (Å²) in [6, 6.07) is 18.5. The van der Waals surface area contributed by atoms with Crippen LogP contribution in [0, 0.1) is 0 Å². The molecule has 2 aromatic carbocycles. The number of nitrogens with one attached hydrogen (secondary N) is 2. The summed E-state index contributed by atoms with van der Waals surface area (Å²) in [4.78, 5) is 3.31.